The number of carbonyl (C=O) groups is 2. The van der Waals surface area contributed by atoms with Gasteiger partial charge in [-0.2, -0.15) is 0 Å². The number of hydrogen-bond acceptors (Lipinski definition) is 2. The zero-order valence-electron chi connectivity index (χ0n) is 18.5. The smallest absolute Gasteiger partial charge is 0.319 e. The largest absolute Gasteiger partial charge is 0.338 e. The molecular formula is C25H30Cl2N4O2. The maximum Gasteiger partial charge on any atom is 0.319 e. The molecule has 2 aromatic rings. The van der Waals surface area contributed by atoms with Crippen molar-refractivity contribution in [1.29, 1.82) is 0 Å². The molecule has 6 nitrogen and oxygen atoms in total. The molecule has 0 saturated heterocycles. The van der Waals surface area contributed by atoms with Crippen LogP contribution in [0.5, 0.6) is 0 Å². The van der Waals surface area contributed by atoms with Crippen molar-refractivity contribution < 1.29 is 9.59 Å². The van der Waals surface area contributed by atoms with Crippen LogP contribution in [0.15, 0.2) is 48.5 Å². The number of benzene rings is 2. The normalized spacial score (nSPS) is 23.2. The van der Waals surface area contributed by atoms with Crippen molar-refractivity contribution in [3.05, 3.63) is 58.6 Å². The summed E-state index contributed by atoms with van der Waals surface area (Å²) in [6.45, 7) is 1.30. The number of hydrogen-bond donors (Lipinski definition) is 4. The van der Waals surface area contributed by atoms with Crippen molar-refractivity contribution in [3.8, 4) is 0 Å². The number of halogens is 2. The molecule has 4 atom stereocenters. The molecule has 4 amide bonds. The molecule has 33 heavy (non-hydrogen) atoms. The molecule has 2 aliphatic carbocycles. The summed E-state index contributed by atoms with van der Waals surface area (Å²) in [4.78, 5) is 24.5. The van der Waals surface area contributed by atoms with Gasteiger partial charge in [-0.05, 0) is 92.2 Å². The minimum Gasteiger partial charge on any atom is -0.338 e. The quantitative estimate of drug-likeness (QED) is 0.325. The predicted octanol–water partition coefficient (Wildman–Crippen LogP) is 6.38. The van der Waals surface area contributed by atoms with E-state index >= 15 is 0 Å². The first-order valence-corrected chi connectivity index (χ1v) is 12.3. The van der Waals surface area contributed by atoms with E-state index < -0.39 is 0 Å². The van der Waals surface area contributed by atoms with Crippen LogP contribution >= 0.6 is 23.2 Å². The van der Waals surface area contributed by atoms with Gasteiger partial charge in [0.15, 0.2) is 0 Å². The first kappa shape index (κ1) is 23.7. The Morgan fingerprint density at radius 3 is 2.00 bits per heavy atom. The summed E-state index contributed by atoms with van der Waals surface area (Å²) in [5, 5.41) is 12.8. The van der Waals surface area contributed by atoms with Crippen LogP contribution in [-0.2, 0) is 0 Å². The summed E-state index contributed by atoms with van der Waals surface area (Å²) in [6, 6.07) is 13.8. The van der Waals surface area contributed by atoms with Gasteiger partial charge in [-0.25, -0.2) is 9.59 Å². The Bertz CT molecular complexity index is 986. The van der Waals surface area contributed by atoms with E-state index in [9.17, 15) is 9.59 Å². The summed E-state index contributed by atoms with van der Waals surface area (Å²) in [5.41, 5.74) is 1.36. The van der Waals surface area contributed by atoms with E-state index in [0.29, 0.717) is 52.3 Å². The average Bonchev–Trinajstić information content (AvgIpc) is 3.37. The SMILES string of the molecule is O=C(NCCC[C@@H]1[C@H]2CC[C@@H](C2)[C@@H]1CNC(=O)Nc1cccc(Cl)c1)Nc1cccc(Cl)c1. The van der Waals surface area contributed by atoms with Crippen LogP contribution in [0, 0.1) is 23.7 Å². The number of amides is 4. The van der Waals surface area contributed by atoms with Crippen molar-refractivity contribution in [3.63, 3.8) is 0 Å². The second-order valence-electron chi connectivity index (χ2n) is 9.04. The van der Waals surface area contributed by atoms with Gasteiger partial charge < -0.3 is 21.3 Å². The standard InChI is InChI=1S/C25H30Cl2N4O2/c26-18-4-1-6-20(13-18)30-24(32)28-11-3-8-22-16-9-10-17(12-16)23(22)15-29-25(33)31-21-7-2-5-19(27)14-21/h1-2,4-7,13-14,16-17,22-23H,3,8-12,15H2,(H2,28,30,32)(H2,29,31,33)/t16-,17-,22+,23-/m0/s1. The second-order valence-corrected chi connectivity index (χ2v) is 9.91. The Balaban J connectivity index is 1.20. The van der Waals surface area contributed by atoms with Crippen molar-refractivity contribution >= 4 is 46.6 Å². The fourth-order valence-electron chi connectivity index (χ4n) is 5.53. The van der Waals surface area contributed by atoms with Gasteiger partial charge in [0, 0.05) is 34.5 Å². The summed E-state index contributed by atoms with van der Waals surface area (Å²) in [6.07, 6.45) is 5.77. The first-order chi connectivity index (χ1) is 16.0. The van der Waals surface area contributed by atoms with Crippen molar-refractivity contribution in [1.82, 2.24) is 10.6 Å². The van der Waals surface area contributed by atoms with Crippen LogP contribution in [0.1, 0.15) is 32.1 Å². The topological polar surface area (TPSA) is 82.3 Å². The molecule has 0 aliphatic heterocycles. The molecule has 0 unspecified atom stereocenters. The zero-order valence-corrected chi connectivity index (χ0v) is 20.0. The lowest BCUT2D eigenvalue weighted by molar-refractivity contribution is 0.198. The number of nitrogens with one attached hydrogen (secondary N) is 4. The van der Waals surface area contributed by atoms with Crippen molar-refractivity contribution in [2.45, 2.75) is 32.1 Å². The fourth-order valence-corrected chi connectivity index (χ4v) is 5.91. The molecule has 0 aromatic heterocycles. The van der Waals surface area contributed by atoms with Crippen LogP contribution in [-0.4, -0.2) is 25.2 Å². The number of fused-ring (bicyclic) bond motifs is 2. The molecule has 2 fully saturated rings. The summed E-state index contributed by atoms with van der Waals surface area (Å²) in [5.74, 6) is 2.51. The highest BCUT2D eigenvalue weighted by molar-refractivity contribution is 6.31. The van der Waals surface area contributed by atoms with E-state index in [1.165, 1.54) is 19.3 Å². The van der Waals surface area contributed by atoms with E-state index in [1.807, 2.05) is 12.1 Å². The van der Waals surface area contributed by atoms with Crippen LogP contribution in [0.25, 0.3) is 0 Å². The highest BCUT2D eigenvalue weighted by Crippen LogP contribution is 2.53. The summed E-state index contributed by atoms with van der Waals surface area (Å²) in [7, 11) is 0. The van der Waals surface area contributed by atoms with Crippen LogP contribution < -0.4 is 21.3 Å². The third kappa shape index (κ3) is 6.55. The lowest BCUT2D eigenvalue weighted by Crippen LogP contribution is -2.38. The molecule has 2 bridgehead atoms. The Hall–Kier alpha value is -2.44. The van der Waals surface area contributed by atoms with Crippen molar-refractivity contribution in [2.75, 3.05) is 23.7 Å². The van der Waals surface area contributed by atoms with E-state index in [4.69, 9.17) is 23.2 Å². The molecule has 8 heteroatoms. The summed E-state index contributed by atoms with van der Waals surface area (Å²) >= 11 is 11.9. The summed E-state index contributed by atoms with van der Waals surface area (Å²) < 4.78 is 0. The third-order valence-corrected chi connectivity index (χ3v) is 7.41. The van der Waals surface area contributed by atoms with Gasteiger partial charge >= 0.3 is 12.1 Å². The van der Waals surface area contributed by atoms with Gasteiger partial charge in [-0.1, -0.05) is 35.3 Å². The second kappa shape index (κ2) is 11.1. The minimum absolute atomic E-state index is 0.196. The van der Waals surface area contributed by atoms with Gasteiger partial charge in [0.05, 0.1) is 0 Å². The molecule has 0 spiro atoms. The van der Waals surface area contributed by atoms with E-state index in [1.54, 1.807) is 36.4 Å². The lowest BCUT2D eigenvalue weighted by atomic mass is 9.77. The number of rotatable bonds is 8. The van der Waals surface area contributed by atoms with Crippen LogP contribution in [0.2, 0.25) is 10.0 Å². The number of anilines is 2. The molecule has 2 aromatic carbocycles. The van der Waals surface area contributed by atoms with E-state index in [-0.39, 0.29) is 12.1 Å². The van der Waals surface area contributed by atoms with Gasteiger partial charge in [0.1, 0.15) is 0 Å². The molecule has 4 rings (SSSR count). The Morgan fingerprint density at radius 1 is 0.818 bits per heavy atom. The van der Waals surface area contributed by atoms with E-state index in [0.717, 1.165) is 18.8 Å². The Morgan fingerprint density at radius 2 is 1.39 bits per heavy atom. The lowest BCUT2D eigenvalue weighted by Gasteiger charge is -2.31. The molecule has 0 radical (unpaired) electrons. The Labute approximate surface area is 204 Å². The maximum absolute atomic E-state index is 12.4. The van der Waals surface area contributed by atoms with Gasteiger partial charge in [-0.15, -0.1) is 0 Å². The van der Waals surface area contributed by atoms with E-state index in [2.05, 4.69) is 21.3 Å². The molecule has 2 saturated carbocycles. The fraction of sp³-hybridized carbons (Fsp3) is 0.440. The average molecular weight is 489 g/mol. The monoisotopic (exact) mass is 488 g/mol. The predicted molar refractivity (Wildman–Crippen MR) is 134 cm³/mol. The molecule has 0 heterocycles. The Kier molecular flexibility index (Phi) is 7.99. The van der Waals surface area contributed by atoms with Gasteiger partial charge in [-0.3, -0.25) is 0 Å². The number of carbonyl (C=O) groups excluding carboxylic acids is 2. The highest BCUT2D eigenvalue weighted by atomic mass is 35.5. The maximum atomic E-state index is 12.4. The van der Waals surface area contributed by atoms with Crippen LogP contribution in [0.3, 0.4) is 0 Å². The van der Waals surface area contributed by atoms with Gasteiger partial charge in [0.2, 0.25) is 0 Å². The minimum atomic E-state index is -0.221. The molecule has 4 N–H and O–H groups in total. The van der Waals surface area contributed by atoms with Gasteiger partial charge in [0.25, 0.3) is 0 Å². The first-order valence-electron chi connectivity index (χ1n) is 11.6. The highest BCUT2D eigenvalue weighted by Gasteiger charge is 2.46. The van der Waals surface area contributed by atoms with Crippen molar-refractivity contribution in [2.24, 2.45) is 23.7 Å². The third-order valence-electron chi connectivity index (χ3n) is 6.94. The zero-order chi connectivity index (χ0) is 23.2. The number of urea groups is 2. The molecule has 176 valence electrons. The molecular weight excluding hydrogens is 459 g/mol. The molecule has 2 aliphatic rings. The van der Waals surface area contributed by atoms with Crippen LogP contribution in [0.4, 0.5) is 21.0 Å².